The van der Waals surface area contributed by atoms with Crippen molar-refractivity contribution < 1.29 is 13.9 Å². The Labute approximate surface area is 161 Å². The molecule has 0 aliphatic carbocycles. The summed E-state index contributed by atoms with van der Waals surface area (Å²) in [6.45, 7) is 3.33. The van der Waals surface area contributed by atoms with Gasteiger partial charge in [-0.3, -0.25) is 0 Å². The number of fused-ring (bicyclic) bond motifs is 1. The van der Waals surface area contributed by atoms with Crippen molar-refractivity contribution in [1.82, 2.24) is 9.97 Å². The van der Waals surface area contributed by atoms with Crippen LogP contribution in [0.25, 0.3) is 11.1 Å². The van der Waals surface area contributed by atoms with Crippen LogP contribution in [0.3, 0.4) is 0 Å². The zero-order chi connectivity index (χ0) is 18.8. The molecule has 0 saturated carbocycles. The molecule has 4 rings (SSSR count). The minimum absolute atomic E-state index is 0.318. The molecular formula is C20H17ClFN3O2. The maximum Gasteiger partial charge on any atom is 0.257 e. The van der Waals surface area contributed by atoms with Crippen LogP contribution in [0.4, 0.5) is 10.2 Å². The van der Waals surface area contributed by atoms with Crippen LogP contribution in [-0.4, -0.2) is 23.2 Å². The molecule has 0 saturated heterocycles. The van der Waals surface area contributed by atoms with E-state index in [1.165, 1.54) is 12.1 Å². The third-order valence-corrected chi connectivity index (χ3v) is 4.64. The number of aromatic nitrogens is 2. The molecule has 138 valence electrons. The third-order valence-electron chi connectivity index (χ3n) is 4.27. The fraction of sp³-hybridized carbons (Fsp3) is 0.200. The van der Waals surface area contributed by atoms with E-state index in [2.05, 4.69) is 15.3 Å². The number of nitrogens with one attached hydrogen (secondary N) is 1. The van der Waals surface area contributed by atoms with Gasteiger partial charge in [-0.2, -0.15) is 0 Å². The van der Waals surface area contributed by atoms with Gasteiger partial charge in [-0.05, 0) is 48.9 Å². The summed E-state index contributed by atoms with van der Waals surface area (Å²) in [4.78, 5) is 8.89. The molecule has 0 fully saturated rings. The van der Waals surface area contributed by atoms with Crippen LogP contribution in [0, 0.1) is 12.7 Å². The van der Waals surface area contributed by atoms with Crippen molar-refractivity contribution in [2.75, 3.05) is 18.5 Å². The lowest BCUT2D eigenvalue weighted by Gasteiger charge is -2.19. The lowest BCUT2D eigenvalue weighted by atomic mass is 10.1. The molecule has 3 aromatic rings. The summed E-state index contributed by atoms with van der Waals surface area (Å²) in [7, 11) is 0. The molecule has 1 aliphatic rings. The minimum atomic E-state index is -0.318. The SMILES string of the molecule is Cc1nc2c(cc1-c1ccc(NCc3cc(F)ccc3Cl)nc1)OCCO2. The molecule has 27 heavy (non-hydrogen) atoms. The number of hydrogen-bond donors (Lipinski definition) is 1. The average Bonchev–Trinajstić information content (AvgIpc) is 2.68. The lowest BCUT2D eigenvalue weighted by Crippen LogP contribution is -2.16. The fourth-order valence-corrected chi connectivity index (χ4v) is 3.06. The number of hydrogen-bond acceptors (Lipinski definition) is 5. The van der Waals surface area contributed by atoms with Gasteiger partial charge in [0.1, 0.15) is 24.8 Å². The number of anilines is 1. The predicted molar refractivity (Wildman–Crippen MR) is 102 cm³/mol. The van der Waals surface area contributed by atoms with Gasteiger partial charge in [0.25, 0.3) is 5.88 Å². The summed E-state index contributed by atoms with van der Waals surface area (Å²) in [5.41, 5.74) is 3.38. The first-order chi connectivity index (χ1) is 13.1. The highest BCUT2D eigenvalue weighted by Gasteiger charge is 2.17. The Bertz CT molecular complexity index is 980. The van der Waals surface area contributed by atoms with Crippen LogP contribution in [0.1, 0.15) is 11.3 Å². The van der Waals surface area contributed by atoms with Crippen molar-refractivity contribution >= 4 is 17.4 Å². The molecule has 5 nitrogen and oxygen atoms in total. The Morgan fingerprint density at radius 3 is 2.81 bits per heavy atom. The largest absolute Gasteiger partial charge is 0.484 e. The van der Waals surface area contributed by atoms with Gasteiger partial charge in [-0.1, -0.05) is 11.6 Å². The standard InChI is InChI=1S/C20H17ClFN3O2/c1-12-16(9-18-20(25-12)27-7-6-26-18)13-2-5-19(23-10-13)24-11-14-8-15(22)3-4-17(14)21/h2-5,8-10H,6-7,11H2,1H3,(H,23,24). The van der Waals surface area contributed by atoms with E-state index in [1.807, 2.05) is 25.1 Å². The first kappa shape index (κ1) is 17.5. The minimum Gasteiger partial charge on any atom is -0.484 e. The number of pyridine rings is 2. The van der Waals surface area contributed by atoms with Crippen LogP contribution < -0.4 is 14.8 Å². The van der Waals surface area contributed by atoms with Gasteiger partial charge < -0.3 is 14.8 Å². The van der Waals surface area contributed by atoms with Gasteiger partial charge in [0, 0.05) is 34.6 Å². The first-order valence-electron chi connectivity index (χ1n) is 8.51. The molecule has 1 aromatic carbocycles. The highest BCUT2D eigenvalue weighted by molar-refractivity contribution is 6.31. The molecule has 1 aliphatic heterocycles. The highest BCUT2D eigenvalue weighted by Crippen LogP contribution is 2.34. The van der Waals surface area contributed by atoms with E-state index in [0.717, 1.165) is 16.8 Å². The Kier molecular flexibility index (Phi) is 4.81. The molecular weight excluding hydrogens is 369 g/mol. The van der Waals surface area contributed by atoms with Gasteiger partial charge in [0.2, 0.25) is 0 Å². The zero-order valence-corrected chi connectivity index (χ0v) is 15.4. The molecule has 1 N–H and O–H groups in total. The van der Waals surface area contributed by atoms with Gasteiger partial charge in [-0.25, -0.2) is 14.4 Å². The summed E-state index contributed by atoms with van der Waals surface area (Å²) in [5, 5.41) is 3.66. The van der Waals surface area contributed by atoms with Crippen LogP contribution >= 0.6 is 11.6 Å². The molecule has 0 radical (unpaired) electrons. The zero-order valence-electron chi connectivity index (χ0n) is 14.6. The first-order valence-corrected chi connectivity index (χ1v) is 8.89. The summed E-state index contributed by atoms with van der Waals surface area (Å²) >= 11 is 6.09. The third kappa shape index (κ3) is 3.80. The summed E-state index contributed by atoms with van der Waals surface area (Å²) in [5.74, 6) is 1.52. The molecule has 0 spiro atoms. The number of rotatable bonds is 4. The van der Waals surface area contributed by atoms with Crippen molar-refractivity contribution in [3.8, 4) is 22.8 Å². The normalized spacial score (nSPS) is 12.7. The molecule has 2 aromatic heterocycles. The van der Waals surface area contributed by atoms with Gasteiger partial charge >= 0.3 is 0 Å². The Morgan fingerprint density at radius 1 is 1.15 bits per heavy atom. The Balaban J connectivity index is 1.51. The van der Waals surface area contributed by atoms with E-state index in [-0.39, 0.29) is 5.82 Å². The smallest absolute Gasteiger partial charge is 0.257 e. The summed E-state index contributed by atoms with van der Waals surface area (Å²) < 4.78 is 24.5. The predicted octanol–water partition coefficient (Wildman–Crippen LogP) is 4.63. The molecule has 0 atom stereocenters. The quantitative estimate of drug-likeness (QED) is 0.709. The van der Waals surface area contributed by atoms with Crippen molar-refractivity contribution in [3.05, 3.63) is 64.7 Å². The maximum absolute atomic E-state index is 13.3. The number of benzene rings is 1. The van der Waals surface area contributed by atoms with E-state index in [4.69, 9.17) is 21.1 Å². The van der Waals surface area contributed by atoms with Gasteiger partial charge in [0.05, 0.1) is 0 Å². The molecule has 0 unspecified atom stereocenters. The van der Waals surface area contributed by atoms with Crippen LogP contribution in [0.5, 0.6) is 11.6 Å². The van der Waals surface area contributed by atoms with Crippen molar-refractivity contribution in [3.63, 3.8) is 0 Å². The van der Waals surface area contributed by atoms with E-state index in [0.29, 0.717) is 47.8 Å². The van der Waals surface area contributed by atoms with Crippen molar-refractivity contribution in [2.45, 2.75) is 13.5 Å². The summed E-state index contributed by atoms with van der Waals surface area (Å²) in [6, 6.07) is 10.0. The number of ether oxygens (including phenoxy) is 2. The second-order valence-corrected chi connectivity index (χ2v) is 6.55. The Morgan fingerprint density at radius 2 is 2.00 bits per heavy atom. The molecule has 0 amide bonds. The monoisotopic (exact) mass is 385 g/mol. The number of nitrogens with zero attached hydrogens (tertiary/aromatic N) is 2. The van der Waals surface area contributed by atoms with Crippen LogP contribution in [-0.2, 0) is 6.54 Å². The van der Waals surface area contributed by atoms with E-state index in [9.17, 15) is 4.39 Å². The van der Waals surface area contributed by atoms with Crippen LogP contribution in [0.2, 0.25) is 5.02 Å². The Hall–Kier alpha value is -2.86. The average molecular weight is 386 g/mol. The van der Waals surface area contributed by atoms with E-state index >= 15 is 0 Å². The van der Waals surface area contributed by atoms with Gasteiger partial charge in [-0.15, -0.1) is 0 Å². The second-order valence-electron chi connectivity index (χ2n) is 6.14. The topological polar surface area (TPSA) is 56.3 Å². The van der Waals surface area contributed by atoms with Crippen LogP contribution in [0.15, 0.2) is 42.6 Å². The second kappa shape index (κ2) is 7.40. The van der Waals surface area contributed by atoms with Crippen molar-refractivity contribution in [2.24, 2.45) is 0 Å². The van der Waals surface area contributed by atoms with Gasteiger partial charge in [0.15, 0.2) is 5.75 Å². The fourth-order valence-electron chi connectivity index (χ4n) is 2.88. The number of aryl methyl sites for hydroxylation is 1. The molecule has 0 bridgehead atoms. The van der Waals surface area contributed by atoms with E-state index < -0.39 is 0 Å². The summed E-state index contributed by atoms with van der Waals surface area (Å²) in [6.07, 6.45) is 1.76. The highest BCUT2D eigenvalue weighted by atomic mass is 35.5. The van der Waals surface area contributed by atoms with Crippen molar-refractivity contribution in [1.29, 1.82) is 0 Å². The molecule has 3 heterocycles. The van der Waals surface area contributed by atoms with E-state index in [1.54, 1.807) is 12.3 Å². The number of halogens is 2. The lowest BCUT2D eigenvalue weighted by molar-refractivity contribution is 0.164. The molecule has 7 heteroatoms. The maximum atomic E-state index is 13.3.